The molecule has 24 heavy (non-hydrogen) atoms. The van der Waals surface area contributed by atoms with Crippen molar-refractivity contribution in [2.24, 2.45) is 0 Å². The molecule has 0 saturated heterocycles. The Balaban J connectivity index is 1.90. The van der Waals surface area contributed by atoms with Gasteiger partial charge in [-0.2, -0.15) is 0 Å². The molecule has 1 aromatic heterocycles. The van der Waals surface area contributed by atoms with Crippen molar-refractivity contribution in [2.45, 2.75) is 51.5 Å². The van der Waals surface area contributed by atoms with Crippen molar-refractivity contribution >= 4 is 5.91 Å². The van der Waals surface area contributed by atoms with Crippen LogP contribution in [0.25, 0.3) is 0 Å². The molecule has 5 heteroatoms. The molecular formula is C19H23FN2O2. The molecule has 1 aliphatic rings. The zero-order valence-electron chi connectivity index (χ0n) is 14.4. The van der Waals surface area contributed by atoms with Gasteiger partial charge in [-0.05, 0) is 44.4 Å². The number of carbonyl (C=O) groups excluding carboxylic acids is 1. The van der Waals surface area contributed by atoms with E-state index in [4.69, 9.17) is 4.52 Å². The number of aromatic nitrogens is 1. The van der Waals surface area contributed by atoms with Crippen molar-refractivity contribution in [1.29, 1.82) is 0 Å². The summed E-state index contributed by atoms with van der Waals surface area (Å²) in [5, 5.41) is 3.95. The van der Waals surface area contributed by atoms with E-state index in [2.05, 4.69) is 5.16 Å². The molecule has 1 heterocycles. The minimum absolute atomic E-state index is 0.0469. The summed E-state index contributed by atoms with van der Waals surface area (Å²) in [5.74, 6) is 0.490. The average molecular weight is 330 g/mol. The van der Waals surface area contributed by atoms with Crippen LogP contribution in [0.15, 0.2) is 28.8 Å². The molecule has 4 nitrogen and oxygen atoms in total. The van der Waals surface area contributed by atoms with Gasteiger partial charge in [0.05, 0.1) is 17.7 Å². The van der Waals surface area contributed by atoms with Gasteiger partial charge in [-0.15, -0.1) is 0 Å². The molecule has 0 aliphatic heterocycles. The van der Waals surface area contributed by atoms with Gasteiger partial charge in [-0.1, -0.05) is 30.1 Å². The second-order valence-electron chi connectivity index (χ2n) is 6.76. The molecular weight excluding hydrogens is 307 g/mol. The zero-order chi connectivity index (χ0) is 17.3. The number of rotatable bonds is 4. The molecule has 0 N–H and O–H groups in total. The van der Waals surface area contributed by atoms with E-state index in [1.165, 1.54) is 12.1 Å². The monoisotopic (exact) mass is 330 g/mol. The Morgan fingerprint density at radius 2 is 2.04 bits per heavy atom. The lowest BCUT2D eigenvalue weighted by molar-refractivity contribution is -0.136. The summed E-state index contributed by atoms with van der Waals surface area (Å²) in [5.41, 5.74) is 1.92. The number of hydrogen-bond donors (Lipinski definition) is 0. The highest BCUT2D eigenvalue weighted by molar-refractivity contribution is 5.88. The SMILES string of the molecule is Cc1noc(C)c1CN(C)C(=O)C1(c2cccc(F)c2)CCCC1. The molecule has 1 aliphatic carbocycles. The van der Waals surface area contributed by atoms with E-state index in [0.29, 0.717) is 6.54 Å². The lowest BCUT2D eigenvalue weighted by atomic mass is 9.77. The van der Waals surface area contributed by atoms with Gasteiger partial charge in [0.15, 0.2) is 0 Å². The predicted octanol–water partition coefficient (Wildman–Crippen LogP) is 3.90. The summed E-state index contributed by atoms with van der Waals surface area (Å²) < 4.78 is 18.9. The summed E-state index contributed by atoms with van der Waals surface area (Å²) >= 11 is 0. The summed E-state index contributed by atoms with van der Waals surface area (Å²) in [6, 6.07) is 6.49. The van der Waals surface area contributed by atoms with Gasteiger partial charge in [0.25, 0.3) is 0 Å². The van der Waals surface area contributed by atoms with Crippen LogP contribution < -0.4 is 0 Å². The number of aryl methyl sites for hydroxylation is 2. The Morgan fingerprint density at radius 3 is 2.62 bits per heavy atom. The summed E-state index contributed by atoms with van der Waals surface area (Å²) in [7, 11) is 1.80. The van der Waals surface area contributed by atoms with Gasteiger partial charge in [0, 0.05) is 12.6 Å². The Kier molecular flexibility index (Phi) is 4.43. The van der Waals surface area contributed by atoms with Gasteiger partial charge in [0.2, 0.25) is 5.91 Å². The van der Waals surface area contributed by atoms with Crippen molar-refractivity contribution in [3.05, 3.63) is 52.7 Å². The molecule has 1 saturated carbocycles. The predicted molar refractivity (Wildman–Crippen MR) is 89.0 cm³/mol. The molecule has 1 aromatic carbocycles. The summed E-state index contributed by atoms with van der Waals surface area (Å²) in [4.78, 5) is 15.0. The first-order chi connectivity index (χ1) is 11.4. The number of likely N-dealkylation sites (N-methyl/N-ethyl adjacent to an activating group) is 1. The van der Waals surface area contributed by atoms with Crippen LogP contribution in [0.3, 0.4) is 0 Å². The fraction of sp³-hybridized carbons (Fsp3) is 0.474. The Labute approximate surface area is 141 Å². The number of halogens is 1. The van der Waals surface area contributed by atoms with E-state index >= 15 is 0 Å². The molecule has 0 unspecified atom stereocenters. The molecule has 0 spiro atoms. The molecule has 0 atom stereocenters. The van der Waals surface area contributed by atoms with Crippen LogP contribution in [0.2, 0.25) is 0 Å². The zero-order valence-corrected chi connectivity index (χ0v) is 14.4. The summed E-state index contributed by atoms with van der Waals surface area (Å²) in [6.07, 6.45) is 3.51. The number of hydrogen-bond acceptors (Lipinski definition) is 3. The van der Waals surface area contributed by atoms with Crippen LogP contribution in [-0.4, -0.2) is 23.0 Å². The smallest absolute Gasteiger partial charge is 0.233 e. The maximum atomic E-state index is 13.7. The van der Waals surface area contributed by atoms with E-state index in [0.717, 1.165) is 48.3 Å². The van der Waals surface area contributed by atoms with Crippen molar-refractivity contribution < 1.29 is 13.7 Å². The third-order valence-electron chi connectivity index (χ3n) is 5.17. The molecule has 3 rings (SSSR count). The van der Waals surface area contributed by atoms with E-state index in [9.17, 15) is 9.18 Å². The molecule has 1 amide bonds. The Hall–Kier alpha value is -2.17. The van der Waals surface area contributed by atoms with Crippen LogP contribution in [0.4, 0.5) is 4.39 Å². The molecule has 1 fully saturated rings. The third kappa shape index (κ3) is 2.83. The van der Waals surface area contributed by atoms with Crippen molar-refractivity contribution in [2.75, 3.05) is 7.05 Å². The maximum Gasteiger partial charge on any atom is 0.233 e. The lowest BCUT2D eigenvalue weighted by Gasteiger charge is -2.33. The minimum Gasteiger partial charge on any atom is -0.361 e. The highest BCUT2D eigenvalue weighted by Gasteiger charge is 2.44. The molecule has 0 bridgehead atoms. The topological polar surface area (TPSA) is 46.3 Å². The van der Waals surface area contributed by atoms with Crippen molar-refractivity contribution in [3.63, 3.8) is 0 Å². The second-order valence-corrected chi connectivity index (χ2v) is 6.76. The van der Waals surface area contributed by atoms with Gasteiger partial charge in [-0.25, -0.2) is 4.39 Å². The largest absolute Gasteiger partial charge is 0.361 e. The molecule has 128 valence electrons. The van der Waals surface area contributed by atoms with E-state index in [-0.39, 0.29) is 11.7 Å². The van der Waals surface area contributed by atoms with Crippen molar-refractivity contribution in [1.82, 2.24) is 10.1 Å². The normalized spacial score (nSPS) is 16.3. The van der Waals surface area contributed by atoms with E-state index in [1.807, 2.05) is 19.9 Å². The van der Waals surface area contributed by atoms with Gasteiger partial charge >= 0.3 is 0 Å². The molecule has 2 aromatic rings. The average Bonchev–Trinajstić information content (AvgIpc) is 3.17. The summed E-state index contributed by atoms with van der Waals surface area (Å²) in [6.45, 7) is 4.19. The van der Waals surface area contributed by atoms with Crippen LogP contribution in [-0.2, 0) is 16.8 Å². The van der Waals surface area contributed by atoms with Crippen LogP contribution >= 0.6 is 0 Å². The van der Waals surface area contributed by atoms with Crippen LogP contribution in [0.5, 0.6) is 0 Å². The lowest BCUT2D eigenvalue weighted by Crippen LogP contribution is -2.43. The van der Waals surface area contributed by atoms with Gasteiger partial charge in [0.1, 0.15) is 11.6 Å². The van der Waals surface area contributed by atoms with E-state index in [1.54, 1.807) is 18.0 Å². The van der Waals surface area contributed by atoms with Gasteiger partial charge < -0.3 is 9.42 Å². The Morgan fingerprint density at radius 1 is 1.33 bits per heavy atom. The molecule has 0 radical (unpaired) electrons. The second kappa shape index (κ2) is 6.38. The fourth-order valence-corrected chi connectivity index (χ4v) is 3.79. The van der Waals surface area contributed by atoms with Crippen molar-refractivity contribution in [3.8, 4) is 0 Å². The first-order valence-corrected chi connectivity index (χ1v) is 8.37. The van der Waals surface area contributed by atoms with E-state index < -0.39 is 5.41 Å². The van der Waals surface area contributed by atoms with Crippen LogP contribution in [0.1, 0.15) is 48.3 Å². The third-order valence-corrected chi connectivity index (χ3v) is 5.17. The highest BCUT2D eigenvalue weighted by Crippen LogP contribution is 2.43. The number of carbonyl (C=O) groups is 1. The number of amides is 1. The first kappa shape index (κ1) is 16.7. The quantitative estimate of drug-likeness (QED) is 0.854. The number of benzene rings is 1. The standard InChI is InChI=1S/C19H23FN2O2/c1-13-17(14(2)24-21-13)12-22(3)18(23)19(9-4-5-10-19)15-7-6-8-16(20)11-15/h6-8,11H,4-5,9-10,12H2,1-3H3. The van der Waals surface area contributed by atoms with Crippen LogP contribution in [0, 0.1) is 19.7 Å². The first-order valence-electron chi connectivity index (χ1n) is 8.37. The Bertz CT molecular complexity index is 728. The minimum atomic E-state index is -0.615. The number of nitrogens with zero attached hydrogens (tertiary/aromatic N) is 2. The van der Waals surface area contributed by atoms with Gasteiger partial charge in [-0.3, -0.25) is 4.79 Å². The maximum absolute atomic E-state index is 13.7. The fourth-order valence-electron chi connectivity index (χ4n) is 3.79. The highest BCUT2D eigenvalue weighted by atomic mass is 19.1.